The molecule has 1 unspecified atom stereocenters. The second-order valence-electron chi connectivity index (χ2n) is 5.08. The van der Waals surface area contributed by atoms with E-state index in [1.165, 1.54) is 22.8 Å². The molecule has 0 saturated heterocycles. The third-order valence-corrected chi connectivity index (χ3v) is 4.23. The molecule has 0 aliphatic carbocycles. The molecule has 0 radical (unpaired) electrons. The van der Waals surface area contributed by atoms with Crippen LogP contribution in [0.25, 0.3) is 0 Å². The van der Waals surface area contributed by atoms with E-state index in [-0.39, 0.29) is 11.9 Å². The van der Waals surface area contributed by atoms with Gasteiger partial charge in [-0.15, -0.1) is 0 Å². The molecule has 0 bridgehead atoms. The highest BCUT2D eigenvalue weighted by molar-refractivity contribution is 9.10. The number of rotatable bonds is 4. The summed E-state index contributed by atoms with van der Waals surface area (Å²) in [5.74, 6) is -0.168. The first-order valence-electron chi connectivity index (χ1n) is 6.70. The summed E-state index contributed by atoms with van der Waals surface area (Å²) in [4.78, 5) is 0. The van der Waals surface area contributed by atoms with Crippen molar-refractivity contribution in [2.45, 2.75) is 26.3 Å². The van der Waals surface area contributed by atoms with Crippen LogP contribution < -0.4 is 5.32 Å². The van der Waals surface area contributed by atoms with Gasteiger partial charge in [-0.1, -0.05) is 34.1 Å². The molecule has 0 aliphatic rings. The molecule has 0 amide bonds. The Morgan fingerprint density at radius 2 is 1.80 bits per heavy atom. The maximum atomic E-state index is 14.0. The normalized spacial score (nSPS) is 12.4. The summed E-state index contributed by atoms with van der Waals surface area (Å²) in [6.07, 6.45) is 0.780. The zero-order chi connectivity index (χ0) is 14.7. The van der Waals surface area contributed by atoms with Crippen LogP contribution in [0.3, 0.4) is 0 Å². The summed E-state index contributed by atoms with van der Waals surface area (Å²) < 4.78 is 14.9. The van der Waals surface area contributed by atoms with Gasteiger partial charge in [0.05, 0.1) is 0 Å². The first kappa shape index (κ1) is 15.2. The Bertz CT molecular complexity index is 590. The molecule has 20 heavy (non-hydrogen) atoms. The van der Waals surface area contributed by atoms with E-state index < -0.39 is 0 Å². The molecule has 0 saturated carbocycles. The fourth-order valence-electron chi connectivity index (χ4n) is 2.52. The predicted molar refractivity (Wildman–Crippen MR) is 85.5 cm³/mol. The molecule has 0 fully saturated rings. The van der Waals surface area contributed by atoms with Gasteiger partial charge >= 0.3 is 0 Å². The van der Waals surface area contributed by atoms with Crippen molar-refractivity contribution < 1.29 is 4.39 Å². The highest BCUT2D eigenvalue weighted by Crippen LogP contribution is 2.26. The van der Waals surface area contributed by atoms with Crippen LogP contribution in [0.5, 0.6) is 0 Å². The van der Waals surface area contributed by atoms with Crippen molar-refractivity contribution in [2.75, 3.05) is 7.05 Å². The summed E-state index contributed by atoms with van der Waals surface area (Å²) in [6, 6.07) is 11.3. The Hall–Kier alpha value is -1.19. The van der Waals surface area contributed by atoms with Crippen molar-refractivity contribution in [2.24, 2.45) is 0 Å². The van der Waals surface area contributed by atoms with Crippen LogP contribution in [-0.4, -0.2) is 7.05 Å². The molecule has 2 rings (SSSR count). The van der Waals surface area contributed by atoms with Crippen LogP contribution >= 0.6 is 15.9 Å². The van der Waals surface area contributed by atoms with Gasteiger partial charge in [-0.2, -0.15) is 0 Å². The van der Waals surface area contributed by atoms with Crippen molar-refractivity contribution in [3.8, 4) is 0 Å². The molecule has 2 aromatic carbocycles. The van der Waals surface area contributed by atoms with Crippen molar-refractivity contribution in [1.82, 2.24) is 5.32 Å². The highest BCUT2D eigenvalue weighted by atomic mass is 79.9. The second kappa shape index (κ2) is 6.51. The lowest BCUT2D eigenvalue weighted by atomic mass is 9.93. The van der Waals surface area contributed by atoms with E-state index in [9.17, 15) is 4.39 Å². The monoisotopic (exact) mass is 335 g/mol. The van der Waals surface area contributed by atoms with Crippen LogP contribution in [-0.2, 0) is 6.42 Å². The van der Waals surface area contributed by atoms with Crippen LogP contribution in [0.2, 0.25) is 0 Å². The standard InChI is InChI=1S/C17H19BrFN/c1-11-5-4-6-12(2)14(11)10-17(20-3)15-9-13(18)7-8-16(15)19/h4-9,17,20H,10H2,1-3H3. The van der Waals surface area contributed by atoms with Crippen molar-refractivity contribution in [3.63, 3.8) is 0 Å². The predicted octanol–water partition coefficient (Wildman–Crippen LogP) is 4.71. The van der Waals surface area contributed by atoms with Crippen molar-refractivity contribution in [1.29, 1.82) is 0 Å². The fraction of sp³-hybridized carbons (Fsp3) is 0.294. The van der Waals surface area contributed by atoms with E-state index in [1.807, 2.05) is 13.1 Å². The largest absolute Gasteiger partial charge is 0.313 e. The first-order valence-corrected chi connectivity index (χ1v) is 7.49. The first-order chi connectivity index (χ1) is 9.52. The molecule has 0 aliphatic heterocycles. The summed E-state index contributed by atoms with van der Waals surface area (Å²) >= 11 is 3.41. The van der Waals surface area contributed by atoms with E-state index in [0.717, 1.165) is 10.9 Å². The zero-order valence-electron chi connectivity index (χ0n) is 12.0. The quantitative estimate of drug-likeness (QED) is 0.853. The molecule has 2 aromatic rings. The molecule has 0 heterocycles. The minimum atomic E-state index is -0.168. The van der Waals surface area contributed by atoms with Gasteiger partial charge < -0.3 is 5.32 Å². The molecule has 0 spiro atoms. The lowest BCUT2D eigenvalue weighted by Crippen LogP contribution is -2.21. The topological polar surface area (TPSA) is 12.0 Å². The average molecular weight is 336 g/mol. The molecule has 0 aromatic heterocycles. The zero-order valence-corrected chi connectivity index (χ0v) is 13.6. The number of nitrogens with one attached hydrogen (secondary N) is 1. The third kappa shape index (κ3) is 3.28. The van der Waals surface area contributed by atoms with Gasteiger partial charge in [-0.05, 0) is 62.2 Å². The van der Waals surface area contributed by atoms with Crippen molar-refractivity contribution in [3.05, 3.63) is 68.9 Å². The van der Waals surface area contributed by atoms with Gasteiger partial charge in [0.15, 0.2) is 0 Å². The smallest absolute Gasteiger partial charge is 0.128 e. The number of hydrogen-bond donors (Lipinski definition) is 1. The Balaban J connectivity index is 2.36. The lowest BCUT2D eigenvalue weighted by Gasteiger charge is -2.20. The average Bonchev–Trinajstić information content (AvgIpc) is 2.42. The van der Waals surface area contributed by atoms with E-state index >= 15 is 0 Å². The third-order valence-electron chi connectivity index (χ3n) is 3.73. The van der Waals surface area contributed by atoms with Gasteiger partial charge in [-0.3, -0.25) is 0 Å². The van der Waals surface area contributed by atoms with Gasteiger partial charge in [-0.25, -0.2) is 4.39 Å². The Morgan fingerprint density at radius 1 is 1.15 bits per heavy atom. The maximum absolute atomic E-state index is 14.0. The molecular formula is C17H19BrFN. The van der Waals surface area contributed by atoms with E-state index in [4.69, 9.17) is 0 Å². The van der Waals surface area contributed by atoms with E-state index in [2.05, 4.69) is 53.3 Å². The van der Waals surface area contributed by atoms with Gasteiger partial charge in [0.2, 0.25) is 0 Å². The molecule has 106 valence electrons. The fourth-order valence-corrected chi connectivity index (χ4v) is 2.90. The van der Waals surface area contributed by atoms with Crippen LogP contribution in [0.15, 0.2) is 40.9 Å². The lowest BCUT2D eigenvalue weighted by molar-refractivity contribution is 0.532. The molecule has 1 nitrogen and oxygen atoms in total. The van der Waals surface area contributed by atoms with E-state index in [0.29, 0.717) is 5.56 Å². The van der Waals surface area contributed by atoms with Crippen molar-refractivity contribution >= 4 is 15.9 Å². The van der Waals surface area contributed by atoms with Crippen LogP contribution in [0, 0.1) is 19.7 Å². The van der Waals surface area contributed by atoms with Crippen LogP contribution in [0.4, 0.5) is 4.39 Å². The highest BCUT2D eigenvalue weighted by Gasteiger charge is 2.17. The van der Waals surface area contributed by atoms with Gasteiger partial charge in [0.1, 0.15) is 5.82 Å². The number of aryl methyl sites for hydroxylation is 2. The number of hydrogen-bond acceptors (Lipinski definition) is 1. The molecule has 1 N–H and O–H groups in total. The molecule has 3 heteroatoms. The minimum Gasteiger partial charge on any atom is -0.313 e. The van der Waals surface area contributed by atoms with Gasteiger partial charge in [0.25, 0.3) is 0 Å². The molecular weight excluding hydrogens is 317 g/mol. The summed E-state index contributed by atoms with van der Waals surface area (Å²) in [5, 5.41) is 3.23. The van der Waals surface area contributed by atoms with Gasteiger partial charge in [0, 0.05) is 16.1 Å². The summed E-state index contributed by atoms with van der Waals surface area (Å²) in [7, 11) is 1.87. The minimum absolute atomic E-state index is 0.0349. The van der Waals surface area contributed by atoms with E-state index in [1.54, 1.807) is 6.07 Å². The summed E-state index contributed by atoms with van der Waals surface area (Å²) in [6.45, 7) is 4.21. The number of halogens is 2. The number of likely N-dealkylation sites (N-methyl/N-ethyl adjacent to an activating group) is 1. The Kier molecular flexibility index (Phi) is 4.95. The number of benzene rings is 2. The Labute approximate surface area is 128 Å². The second-order valence-corrected chi connectivity index (χ2v) is 6.00. The molecule has 1 atom stereocenters. The Morgan fingerprint density at radius 3 is 2.40 bits per heavy atom. The maximum Gasteiger partial charge on any atom is 0.128 e. The van der Waals surface area contributed by atoms with Crippen LogP contribution in [0.1, 0.15) is 28.3 Å². The SMILES string of the molecule is CNC(Cc1c(C)cccc1C)c1cc(Br)ccc1F. The summed E-state index contributed by atoms with van der Waals surface area (Å²) in [5.41, 5.74) is 4.48.